The van der Waals surface area contributed by atoms with E-state index in [9.17, 15) is 0 Å². The Hall–Kier alpha value is -7.42. The standard InChI is InChI=1S/C80H89NO/c1-19-79(15,16)68-37-39-71-73(50-68)82-74-51-69(80(17,18)20-2)38-40-72(74)81(71)70-48-62(60-43-56(52-21-29-64(30-22-52)75(3,4)5)41-57(44-60)53-23-31-65(32-24-53)76(6,7)8)47-63(49-70)61-45-58(54-25-33-66(34-26-54)77(9,10)11)42-59(46-61)55-27-35-67(36-28-55)78(12,13)14/h21-51H,19-20H2,1-18H3. The minimum Gasteiger partial charge on any atom is -0.453 e. The molecule has 0 aliphatic carbocycles. The molecule has 1 aliphatic rings. The van der Waals surface area contributed by atoms with Crippen LogP contribution in [0.15, 0.2) is 188 Å². The van der Waals surface area contributed by atoms with Crippen LogP contribution in [0.3, 0.4) is 0 Å². The van der Waals surface area contributed by atoms with Crippen LogP contribution in [-0.4, -0.2) is 0 Å². The highest BCUT2D eigenvalue weighted by Gasteiger charge is 2.32. The van der Waals surface area contributed by atoms with Gasteiger partial charge < -0.3 is 9.64 Å². The lowest BCUT2D eigenvalue weighted by atomic mass is 9.81. The average molecular weight is 1080 g/mol. The molecule has 9 aromatic rings. The van der Waals surface area contributed by atoms with Gasteiger partial charge in [0.1, 0.15) is 0 Å². The summed E-state index contributed by atoms with van der Waals surface area (Å²) in [4.78, 5) is 2.47. The van der Waals surface area contributed by atoms with Crippen LogP contribution in [0.25, 0.3) is 66.8 Å². The van der Waals surface area contributed by atoms with Crippen LogP contribution in [-0.2, 0) is 32.5 Å². The summed E-state index contributed by atoms with van der Waals surface area (Å²) in [5.41, 5.74) is 25.1. The molecule has 0 radical (unpaired) electrons. The second-order valence-corrected chi connectivity index (χ2v) is 29.0. The molecule has 0 saturated carbocycles. The summed E-state index contributed by atoms with van der Waals surface area (Å²) in [6.07, 6.45) is 2.02. The normalized spacial score (nSPS) is 13.2. The van der Waals surface area contributed by atoms with Crippen LogP contribution in [0.1, 0.15) is 171 Å². The van der Waals surface area contributed by atoms with Gasteiger partial charge in [-0.3, -0.25) is 0 Å². The highest BCUT2D eigenvalue weighted by atomic mass is 16.5. The predicted octanol–water partition coefficient (Wildman–Crippen LogP) is 23.8. The van der Waals surface area contributed by atoms with Gasteiger partial charge in [0.2, 0.25) is 0 Å². The number of ether oxygens (including phenoxy) is 1. The zero-order valence-electron chi connectivity index (χ0n) is 52.7. The first-order valence-corrected chi connectivity index (χ1v) is 30.2. The predicted molar refractivity (Wildman–Crippen MR) is 355 cm³/mol. The van der Waals surface area contributed by atoms with Gasteiger partial charge in [-0.15, -0.1) is 0 Å². The van der Waals surface area contributed by atoms with Gasteiger partial charge in [0.25, 0.3) is 0 Å². The molecule has 2 nitrogen and oxygen atoms in total. The largest absolute Gasteiger partial charge is 0.453 e. The third kappa shape index (κ3) is 11.9. The van der Waals surface area contributed by atoms with E-state index >= 15 is 0 Å². The van der Waals surface area contributed by atoms with Gasteiger partial charge in [0, 0.05) is 5.69 Å². The fraction of sp³-hybridized carbons (Fsp3) is 0.325. The smallest absolute Gasteiger partial charge is 0.151 e. The van der Waals surface area contributed by atoms with Crippen molar-refractivity contribution in [2.24, 2.45) is 0 Å². The Morgan fingerprint density at radius 2 is 0.476 bits per heavy atom. The van der Waals surface area contributed by atoms with Crippen LogP contribution in [0.5, 0.6) is 11.5 Å². The molecular formula is C80H89NO. The summed E-state index contributed by atoms with van der Waals surface area (Å²) in [5, 5.41) is 0. The van der Waals surface area contributed by atoms with Gasteiger partial charge in [-0.1, -0.05) is 234 Å². The van der Waals surface area contributed by atoms with Crippen molar-refractivity contribution in [3.63, 3.8) is 0 Å². The summed E-state index contributed by atoms with van der Waals surface area (Å²) < 4.78 is 7.15. The molecule has 10 rings (SSSR count). The molecule has 0 atom stereocenters. The first-order chi connectivity index (χ1) is 38.5. The van der Waals surface area contributed by atoms with Crippen LogP contribution in [0, 0.1) is 0 Å². The number of hydrogen-bond acceptors (Lipinski definition) is 2. The lowest BCUT2D eigenvalue weighted by Crippen LogP contribution is -2.20. The summed E-state index contributed by atoms with van der Waals surface area (Å²) >= 11 is 0. The number of rotatable bonds is 11. The third-order valence-corrected chi connectivity index (χ3v) is 18.0. The molecule has 420 valence electrons. The van der Waals surface area contributed by atoms with Crippen molar-refractivity contribution in [1.29, 1.82) is 0 Å². The maximum Gasteiger partial charge on any atom is 0.151 e. The molecule has 0 unspecified atom stereocenters. The number of fused-ring (bicyclic) bond motifs is 2. The van der Waals surface area contributed by atoms with Crippen molar-refractivity contribution < 1.29 is 4.74 Å². The fourth-order valence-electron chi connectivity index (χ4n) is 11.3. The van der Waals surface area contributed by atoms with Gasteiger partial charge in [-0.05, 0) is 224 Å². The molecule has 82 heavy (non-hydrogen) atoms. The van der Waals surface area contributed by atoms with Crippen LogP contribution in [0.2, 0.25) is 0 Å². The summed E-state index contributed by atoms with van der Waals surface area (Å²) in [6.45, 7) is 41.4. The second kappa shape index (κ2) is 21.4. The number of nitrogens with zero attached hydrogens (tertiary/aromatic N) is 1. The highest BCUT2D eigenvalue weighted by molar-refractivity contribution is 5.93. The molecule has 9 aromatic carbocycles. The Morgan fingerprint density at radius 1 is 0.256 bits per heavy atom. The van der Waals surface area contributed by atoms with Gasteiger partial charge in [-0.2, -0.15) is 0 Å². The minimum absolute atomic E-state index is 0.0334. The monoisotopic (exact) mass is 1080 g/mol. The van der Waals surface area contributed by atoms with E-state index in [4.69, 9.17) is 4.74 Å². The van der Waals surface area contributed by atoms with E-state index in [-0.39, 0.29) is 32.5 Å². The van der Waals surface area contributed by atoms with Gasteiger partial charge in [0.05, 0.1) is 11.4 Å². The van der Waals surface area contributed by atoms with Crippen molar-refractivity contribution >= 4 is 17.1 Å². The number of hydrogen-bond donors (Lipinski definition) is 0. The lowest BCUT2D eigenvalue weighted by Gasteiger charge is -2.36. The number of benzene rings is 9. The Balaban J connectivity index is 1.27. The fourth-order valence-corrected chi connectivity index (χ4v) is 11.3. The molecule has 0 bridgehead atoms. The lowest BCUT2D eigenvalue weighted by molar-refractivity contribution is 0.459. The van der Waals surface area contributed by atoms with Crippen LogP contribution >= 0.6 is 0 Å². The van der Waals surface area contributed by atoms with Gasteiger partial charge in [0.15, 0.2) is 11.5 Å². The Morgan fingerprint density at radius 3 is 0.707 bits per heavy atom. The summed E-state index contributed by atoms with van der Waals surface area (Å²) in [7, 11) is 0. The summed E-state index contributed by atoms with van der Waals surface area (Å²) in [6, 6.07) is 72.5. The molecule has 1 heterocycles. The summed E-state index contributed by atoms with van der Waals surface area (Å²) in [5.74, 6) is 1.74. The van der Waals surface area contributed by atoms with Gasteiger partial charge in [-0.25, -0.2) is 0 Å². The van der Waals surface area contributed by atoms with E-state index in [0.29, 0.717) is 0 Å². The molecule has 0 N–H and O–H groups in total. The van der Waals surface area contributed by atoms with Crippen molar-refractivity contribution in [3.05, 3.63) is 221 Å². The molecule has 0 aromatic heterocycles. The van der Waals surface area contributed by atoms with E-state index < -0.39 is 0 Å². The molecule has 1 aliphatic heterocycles. The molecular weight excluding hydrogens is 991 g/mol. The van der Waals surface area contributed by atoms with Crippen molar-refractivity contribution in [2.45, 2.75) is 170 Å². The van der Waals surface area contributed by atoms with E-state index in [2.05, 4.69) is 318 Å². The van der Waals surface area contributed by atoms with Crippen LogP contribution in [0.4, 0.5) is 17.1 Å². The molecule has 0 saturated heterocycles. The Kier molecular flexibility index (Phi) is 15.1. The maximum absolute atomic E-state index is 7.15. The highest BCUT2D eigenvalue weighted by Crippen LogP contribution is 2.54. The topological polar surface area (TPSA) is 12.5 Å². The molecule has 0 fully saturated rings. The van der Waals surface area contributed by atoms with E-state index in [1.165, 1.54) is 77.9 Å². The van der Waals surface area contributed by atoms with Crippen LogP contribution < -0.4 is 9.64 Å². The zero-order chi connectivity index (χ0) is 58.9. The first-order valence-electron chi connectivity index (χ1n) is 30.2. The van der Waals surface area contributed by atoms with Crippen molar-refractivity contribution in [1.82, 2.24) is 0 Å². The first kappa shape index (κ1) is 57.8. The quantitative estimate of drug-likeness (QED) is 0.128. The SMILES string of the molecule is CCC(C)(C)c1ccc2c(c1)Oc1cc(C(C)(C)CC)ccc1N2c1cc(-c2cc(-c3ccc(C(C)(C)C)cc3)cc(-c3ccc(C(C)(C)C)cc3)c2)cc(-c2cc(-c3ccc(C(C)(C)C)cc3)cc(-c3ccc(C(C)(C)C)cc3)c2)c1. The molecule has 0 amide bonds. The number of anilines is 3. The molecule has 0 spiro atoms. The third-order valence-electron chi connectivity index (χ3n) is 18.0. The Labute approximate surface area is 493 Å². The van der Waals surface area contributed by atoms with Crippen molar-refractivity contribution in [3.8, 4) is 78.3 Å². The maximum atomic E-state index is 7.15. The van der Waals surface area contributed by atoms with Gasteiger partial charge >= 0.3 is 0 Å². The molecule has 2 heteroatoms. The Bertz CT molecular complexity index is 3380. The zero-order valence-corrected chi connectivity index (χ0v) is 52.7. The van der Waals surface area contributed by atoms with E-state index in [1.54, 1.807) is 0 Å². The second-order valence-electron chi connectivity index (χ2n) is 29.0. The van der Waals surface area contributed by atoms with Crippen molar-refractivity contribution in [2.75, 3.05) is 4.90 Å². The average Bonchev–Trinajstić information content (AvgIpc) is 3.19. The van der Waals surface area contributed by atoms with E-state index in [1.807, 2.05) is 0 Å². The minimum atomic E-state index is -0.0334. The van der Waals surface area contributed by atoms with E-state index in [0.717, 1.165) is 63.7 Å².